The number of likely N-dealkylation sites (tertiary alicyclic amines) is 1. The number of fused-ring (bicyclic) bond motifs is 1. The first kappa shape index (κ1) is 15.6. The Morgan fingerprint density at radius 1 is 1.20 bits per heavy atom. The van der Waals surface area contributed by atoms with E-state index in [-0.39, 0.29) is 18.6 Å². The third-order valence-corrected chi connectivity index (χ3v) is 4.66. The summed E-state index contributed by atoms with van der Waals surface area (Å²) >= 11 is 0. The minimum Gasteiger partial charge on any atom is -0.484 e. The third-order valence-electron chi connectivity index (χ3n) is 4.66. The number of carbonyl (C=O) groups is 1. The summed E-state index contributed by atoms with van der Waals surface area (Å²) in [5, 5.41) is 8.53. The second-order valence-electron chi connectivity index (χ2n) is 6.29. The van der Waals surface area contributed by atoms with E-state index in [1.165, 1.54) is 0 Å². The zero-order chi connectivity index (χ0) is 17.2. The van der Waals surface area contributed by atoms with Crippen molar-refractivity contribution in [2.24, 2.45) is 0 Å². The highest BCUT2D eigenvalue weighted by atomic mass is 16.5. The van der Waals surface area contributed by atoms with E-state index in [2.05, 4.69) is 10.2 Å². The molecule has 25 heavy (non-hydrogen) atoms. The predicted molar refractivity (Wildman–Crippen MR) is 93.3 cm³/mol. The Bertz CT molecular complexity index is 905. The van der Waals surface area contributed by atoms with Gasteiger partial charge in [-0.15, -0.1) is 10.2 Å². The summed E-state index contributed by atoms with van der Waals surface area (Å²) in [5.74, 6) is 1.55. The largest absolute Gasteiger partial charge is 0.484 e. The van der Waals surface area contributed by atoms with E-state index < -0.39 is 0 Å². The Morgan fingerprint density at radius 3 is 2.92 bits per heavy atom. The SMILES string of the molecule is Cc1ccccc1OCC(=O)N1CCCC1c1nnc2ccccn12. The molecule has 3 aromatic rings. The number of pyridine rings is 1. The van der Waals surface area contributed by atoms with Crippen LogP contribution in [0.4, 0.5) is 0 Å². The molecule has 1 aliphatic rings. The lowest BCUT2D eigenvalue weighted by molar-refractivity contribution is -0.134. The molecule has 1 aliphatic heterocycles. The van der Waals surface area contributed by atoms with Crippen LogP contribution >= 0.6 is 0 Å². The molecule has 1 amide bonds. The Morgan fingerprint density at radius 2 is 2.04 bits per heavy atom. The standard InChI is InChI=1S/C19H20N4O2/c1-14-7-2-3-9-16(14)25-13-18(24)22-12-6-8-15(22)19-21-20-17-10-4-5-11-23(17)19/h2-5,7,9-11,15H,6,8,12-13H2,1H3. The van der Waals surface area contributed by atoms with Crippen LogP contribution in [0.1, 0.15) is 30.3 Å². The molecule has 6 heteroatoms. The highest BCUT2D eigenvalue weighted by Gasteiger charge is 2.33. The average molecular weight is 336 g/mol. The fraction of sp³-hybridized carbons (Fsp3) is 0.316. The average Bonchev–Trinajstić information content (AvgIpc) is 3.27. The molecule has 1 fully saturated rings. The normalized spacial score (nSPS) is 17.2. The van der Waals surface area contributed by atoms with Gasteiger partial charge in [-0.2, -0.15) is 0 Å². The van der Waals surface area contributed by atoms with E-state index in [0.29, 0.717) is 0 Å². The van der Waals surface area contributed by atoms with Gasteiger partial charge in [-0.25, -0.2) is 0 Å². The number of hydrogen-bond donors (Lipinski definition) is 0. The van der Waals surface area contributed by atoms with Gasteiger partial charge in [0.25, 0.3) is 5.91 Å². The summed E-state index contributed by atoms with van der Waals surface area (Å²) < 4.78 is 7.69. The van der Waals surface area contributed by atoms with Crippen molar-refractivity contribution in [3.63, 3.8) is 0 Å². The first-order valence-corrected chi connectivity index (χ1v) is 8.51. The topological polar surface area (TPSA) is 59.7 Å². The number of nitrogens with zero attached hydrogens (tertiary/aromatic N) is 4. The van der Waals surface area contributed by atoms with Gasteiger partial charge in [-0.3, -0.25) is 9.20 Å². The maximum Gasteiger partial charge on any atom is 0.261 e. The molecule has 2 aromatic heterocycles. The summed E-state index contributed by atoms with van der Waals surface area (Å²) in [6, 6.07) is 13.5. The van der Waals surface area contributed by atoms with Crippen molar-refractivity contribution in [3.8, 4) is 5.75 Å². The Kier molecular flexibility index (Phi) is 4.09. The van der Waals surface area contributed by atoms with Gasteiger partial charge in [0.2, 0.25) is 0 Å². The number of carbonyl (C=O) groups excluding carboxylic acids is 1. The number of benzene rings is 1. The molecule has 0 spiro atoms. The van der Waals surface area contributed by atoms with E-state index >= 15 is 0 Å². The van der Waals surface area contributed by atoms with Gasteiger partial charge in [0, 0.05) is 12.7 Å². The molecule has 1 unspecified atom stereocenters. The molecule has 0 saturated carbocycles. The molecule has 6 nitrogen and oxygen atoms in total. The molecule has 0 aliphatic carbocycles. The highest BCUT2D eigenvalue weighted by molar-refractivity contribution is 5.78. The lowest BCUT2D eigenvalue weighted by Crippen LogP contribution is -2.35. The van der Waals surface area contributed by atoms with Crippen molar-refractivity contribution < 1.29 is 9.53 Å². The first-order chi connectivity index (χ1) is 12.2. The van der Waals surface area contributed by atoms with E-state index in [1.807, 2.05) is 64.9 Å². The van der Waals surface area contributed by atoms with Crippen LogP contribution in [0.3, 0.4) is 0 Å². The maximum absolute atomic E-state index is 12.7. The van der Waals surface area contributed by atoms with E-state index in [0.717, 1.165) is 42.2 Å². The van der Waals surface area contributed by atoms with E-state index in [1.54, 1.807) is 0 Å². The summed E-state index contributed by atoms with van der Waals surface area (Å²) in [5.41, 5.74) is 1.82. The quantitative estimate of drug-likeness (QED) is 0.735. The second kappa shape index (κ2) is 6.55. The van der Waals surface area contributed by atoms with Crippen molar-refractivity contribution in [2.75, 3.05) is 13.2 Å². The Balaban J connectivity index is 1.51. The summed E-state index contributed by atoms with van der Waals surface area (Å²) in [4.78, 5) is 14.6. The number of aromatic nitrogens is 3. The van der Waals surface area contributed by atoms with Crippen LogP contribution in [-0.2, 0) is 4.79 Å². The molecule has 128 valence electrons. The van der Waals surface area contributed by atoms with Crippen LogP contribution in [0, 0.1) is 6.92 Å². The number of aryl methyl sites for hydroxylation is 1. The number of hydrogen-bond acceptors (Lipinski definition) is 4. The van der Waals surface area contributed by atoms with Gasteiger partial charge in [0.05, 0.1) is 6.04 Å². The molecular weight excluding hydrogens is 316 g/mol. The van der Waals surface area contributed by atoms with Crippen LogP contribution in [-0.4, -0.2) is 38.6 Å². The lowest BCUT2D eigenvalue weighted by atomic mass is 10.2. The van der Waals surface area contributed by atoms with Crippen LogP contribution in [0.25, 0.3) is 5.65 Å². The van der Waals surface area contributed by atoms with Crippen molar-refractivity contribution in [1.29, 1.82) is 0 Å². The van der Waals surface area contributed by atoms with Gasteiger partial charge in [0.15, 0.2) is 18.1 Å². The predicted octanol–water partition coefficient (Wildman–Crippen LogP) is 2.78. The smallest absolute Gasteiger partial charge is 0.261 e. The number of amides is 1. The Labute approximate surface area is 146 Å². The number of ether oxygens (including phenoxy) is 1. The Hall–Kier alpha value is -2.89. The zero-order valence-electron chi connectivity index (χ0n) is 14.1. The second-order valence-corrected chi connectivity index (χ2v) is 6.29. The van der Waals surface area contributed by atoms with Gasteiger partial charge < -0.3 is 9.64 Å². The van der Waals surface area contributed by atoms with Crippen molar-refractivity contribution >= 4 is 11.6 Å². The lowest BCUT2D eigenvalue weighted by Gasteiger charge is -2.23. The molecule has 0 bridgehead atoms. The van der Waals surface area contributed by atoms with Crippen LogP contribution in [0.2, 0.25) is 0 Å². The molecule has 3 heterocycles. The molecule has 0 N–H and O–H groups in total. The van der Waals surface area contributed by atoms with Crippen molar-refractivity contribution in [3.05, 3.63) is 60.0 Å². The van der Waals surface area contributed by atoms with Gasteiger partial charge >= 0.3 is 0 Å². The molecule has 4 rings (SSSR count). The maximum atomic E-state index is 12.7. The fourth-order valence-electron chi connectivity index (χ4n) is 3.36. The minimum absolute atomic E-state index is 0.0153. The minimum atomic E-state index is -0.0506. The van der Waals surface area contributed by atoms with E-state index in [4.69, 9.17) is 4.74 Å². The van der Waals surface area contributed by atoms with Crippen LogP contribution in [0.5, 0.6) is 5.75 Å². The molecule has 1 aromatic carbocycles. The summed E-state index contributed by atoms with van der Waals surface area (Å²) in [6.07, 6.45) is 3.80. The van der Waals surface area contributed by atoms with Crippen LogP contribution < -0.4 is 4.74 Å². The van der Waals surface area contributed by atoms with Crippen molar-refractivity contribution in [2.45, 2.75) is 25.8 Å². The van der Waals surface area contributed by atoms with Crippen LogP contribution in [0.15, 0.2) is 48.7 Å². The number of rotatable bonds is 4. The molecule has 0 radical (unpaired) electrons. The van der Waals surface area contributed by atoms with Gasteiger partial charge in [0.1, 0.15) is 5.75 Å². The highest BCUT2D eigenvalue weighted by Crippen LogP contribution is 2.31. The van der Waals surface area contributed by atoms with E-state index in [9.17, 15) is 4.79 Å². The van der Waals surface area contributed by atoms with Gasteiger partial charge in [-0.05, 0) is 43.5 Å². The summed E-state index contributed by atoms with van der Waals surface area (Å²) in [6.45, 7) is 2.74. The van der Waals surface area contributed by atoms with Crippen molar-refractivity contribution in [1.82, 2.24) is 19.5 Å². The monoisotopic (exact) mass is 336 g/mol. The third kappa shape index (κ3) is 2.95. The fourth-order valence-corrected chi connectivity index (χ4v) is 3.36. The first-order valence-electron chi connectivity index (χ1n) is 8.51. The molecule has 1 saturated heterocycles. The molecule has 1 atom stereocenters. The summed E-state index contributed by atoms with van der Waals surface area (Å²) in [7, 11) is 0. The zero-order valence-corrected chi connectivity index (χ0v) is 14.1. The molecular formula is C19H20N4O2. The van der Waals surface area contributed by atoms with Gasteiger partial charge in [-0.1, -0.05) is 24.3 Å². The number of para-hydroxylation sites is 1.